The van der Waals surface area contributed by atoms with E-state index in [2.05, 4.69) is 6.07 Å². The van der Waals surface area contributed by atoms with Crippen molar-refractivity contribution in [1.29, 1.82) is 0 Å². The molecule has 5 nitrogen and oxygen atoms in total. The van der Waals surface area contributed by atoms with Crippen LogP contribution in [0.3, 0.4) is 0 Å². The highest BCUT2D eigenvalue weighted by Crippen LogP contribution is 2.26. The molecule has 1 fully saturated rings. The summed E-state index contributed by atoms with van der Waals surface area (Å²) in [4.78, 5) is 0.331. The van der Waals surface area contributed by atoms with E-state index in [4.69, 9.17) is 4.74 Å². The van der Waals surface area contributed by atoms with Gasteiger partial charge in [0.2, 0.25) is 10.0 Å². The molecule has 0 unspecified atom stereocenters. The fourth-order valence-corrected chi connectivity index (χ4v) is 4.44. The van der Waals surface area contributed by atoms with E-state index < -0.39 is 10.0 Å². The minimum Gasteiger partial charge on any atom is -0.379 e. The van der Waals surface area contributed by atoms with E-state index >= 15 is 0 Å². The largest absolute Gasteiger partial charge is 0.379 e. The number of hydrogen-bond donors (Lipinski definition) is 0. The Morgan fingerprint density at radius 3 is 2.54 bits per heavy atom. The smallest absolute Gasteiger partial charge is 0.243 e. The van der Waals surface area contributed by atoms with Crippen molar-refractivity contribution in [1.82, 2.24) is 8.71 Å². The minimum atomic E-state index is -3.48. The monoisotopic (exact) mass is 342 g/mol. The number of ether oxygens (including phenoxy) is 1. The third-order valence-electron chi connectivity index (χ3n) is 4.28. The first kappa shape index (κ1) is 15.4. The van der Waals surface area contributed by atoms with Crippen LogP contribution < -0.4 is 0 Å². The lowest BCUT2D eigenvalue weighted by molar-refractivity contribution is 0.0730. The van der Waals surface area contributed by atoms with E-state index in [-0.39, 0.29) is 0 Å². The first-order valence-electron chi connectivity index (χ1n) is 7.90. The van der Waals surface area contributed by atoms with Gasteiger partial charge >= 0.3 is 0 Å². The summed E-state index contributed by atoms with van der Waals surface area (Å²) in [5.41, 5.74) is 2.97. The van der Waals surface area contributed by atoms with E-state index in [0.29, 0.717) is 31.2 Å². The maximum Gasteiger partial charge on any atom is 0.243 e. The summed E-state index contributed by atoms with van der Waals surface area (Å²) in [6.07, 6.45) is 3.99. The number of sulfonamides is 1. The molecule has 0 saturated carbocycles. The molecule has 6 heteroatoms. The highest BCUT2D eigenvalue weighted by atomic mass is 32.2. The van der Waals surface area contributed by atoms with Crippen LogP contribution in [-0.2, 0) is 14.8 Å². The zero-order chi connectivity index (χ0) is 16.6. The Balaban J connectivity index is 1.73. The molecule has 1 aromatic carbocycles. The second-order valence-corrected chi connectivity index (χ2v) is 7.74. The molecule has 0 bridgehead atoms. The van der Waals surface area contributed by atoms with E-state index in [1.807, 2.05) is 41.1 Å². The van der Waals surface area contributed by atoms with Crippen LogP contribution in [0.2, 0.25) is 0 Å². The Morgan fingerprint density at radius 2 is 1.75 bits per heavy atom. The molecular formula is C18H18N2O3S. The summed E-state index contributed by atoms with van der Waals surface area (Å²) < 4.78 is 34.4. The predicted octanol–water partition coefficient (Wildman–Crippen LogP) is 2.63. The number of pyridine rings is 1. The lowest BCUT2D eigenvalue weighted by Crippen LogP contribution is -2.40. The van der Waals surface area contributed by atoms with Gasteiger partial charge in [-0.2, -0.15) is 4.31 Å². The first-order valence-corrected chi connectivity index (χ1v) is 9.34. The second kappa shape index (κ2) is 6.05. The number of benzene rings is 1. The van der Waals surface area contributed by atoms with Crippen molar-refractivity contribution in [3.8, 4) is 11.1 Å². The minimum absolute atomic E-state index is 0.331. The molecule has 124 valence electrons. The molecule has 0 N–H and O–H groups in total. The second-order valence-electron chi connectivity index (χ2n) is 5.81. The van der Waals surface area contributed by atoms with Crippen LogP contribution in [0.15, 0.2) is 65.8 Å². The van der Waals surface area contributed by atoms with Gasteiger partial charge in [0.25, 0.3) is 0 Å². The zero-order valence-corrected chi connectivity index (χ0v) is 13.9. The molecule has 1 aliphatic rings. The maximum atomic E-state index is 12.8. The summed E-state index contributed by atoms with van der Waals surface area (Å²) in [5.74, 6) is 0. The molecular weight excluding hydrogens is 324 g/mol. The normalized spacial score (nSPS) is 16.5. The lowest BCUT2D eigenvalue weighted by atomic mass is 10.1. The zero-order valence-electron chi connectivity index (χ0n) is 13.1. The van der Waals surface area contributed by atoms with Gasteiger partial charge in [-0.1, -0.05) is 18.2 Å². The van der Waals surface area contributed by atoms with Gasteiger partial charge in [-0.15, -0.1) is 0 Å². The average Bonchev–Trinajstić information content (AvgIpc) is 3.07. The summed E-state index contributed by atoms with van der Waals surface area (Å²) in [6, 6.07) is 15.2. The highest BCUT2D eigenvalue weighted by molar-refractivity contribution is 7.89. The van der Waals surface area contributed by atoms with Crippen molar-refractivity contribution in [2.75, 3.05) is 26.3 Å². The van der Waals surface area contributed by atoms with Crippen LogP contribution in [0.4, 0.5) is 0 Å². The van der Waals surface area contributed by atoms with Crippen molar-refractivity contribution in [3.05, 3.63) is 60.9 Å². The van der Waals surface area contributed by atoms with Gasteiger partial charge in [-0.05, 0) is 35.9 Å². The number of fused-ring (bicyclic) bond motifs is 1. The van der Waals surface area contributed by atoms with Crippen LogP contribution in [0, 0.1) is 0 Å². The van der Waals surface area contributed by atoms with E-state index in [1.54, 1.807) is 18.2 Å². The van der Waals surface area contributed by atoms with Crippen molar-refractivity contribution >= 4 is 15.5 Å². The first-order chi connectivity index (χ1) is 11.6. The molecule has 0 atom stereocenters. The molecule has 4 rings (SSSR count). The molecule has 3 heterocycles. The Kier molecular flexibility index (Phi) is 3.88. The van der Waals surface area contributed by atoms with E-state index in [0.717, 1.165) is 16.6 Å². The molecule has 0 spiro atoms. The fourth-order valence-electron chi connectivity index (χ4n) is 2.99. The van der Waals surface area contributed by atoms with Crippen LogP contribution in [-0.4, -0.2) is 43.4 Å². The van der Waals surface area contributed by atoms with Gasteiger partial charge < -0.3 is 9.14 Å². The molecule has 0 amide bonds. The Hall–Kier alpha value is -2.15. The number of rotatable bonds is 3. The number of hydrogen-bond acceptors (Lipinski definition) is 3. The van der Waals surface area contributed by atoms with Gasteiger partial charge in [0.15, 0.2) is 0 Å². The number of nitrogens with zero attached hydrogens (tertiary/aromatic N) is 2. The fraction of sp³-hybridized carbons (Fsp3) is 0.222. The summed E-state index contributed by atoms with van der Waals surface area (Å²) in [5, 5.41) is 0. The highest BCUT2D eigenvalue weighted by Gasteiger charge is 2.26. The summed E-state index contributed by atoms with van der Waals surface area (Å²) in [7, 11) is -3.48. The van der Waals surface area contributed by atoms with E-state index in [1.165, 1.54) is 4.31 Å². The molecule has 1 aliphatic heterocycles. The average molecular weight is 342 g/mol. The molecule has 24 heavy (non-hydrogen) atoms. The van der Waals surface area contributed by atoms with E-state index in [9.17, 15) is 8.42 Å². The SMILES string of the molecule is O=S(=O)(c1cccc(-c2cc3ccccn3c2)c1)N1CCOCC1. The van der Waals surface area contributed by atoms with Crippen molar-refractivity contribution < 1.29 is 13.2 Å². The van der Waals surface area contributed by atoms with Crippen LogP contribution in [0.25, 0.3) is 16.6 Å². The van der Waals surface area contributed by atoms with Gasteiger partial charge in [-0.3, -0.25) is 0 Å². The van der Waals surface area contributed by atoms with Crippen LogP contribution >= 0.6 is 0 Å². The maximum absolute atomic E-state index is 12.8. The summed E-state index contributed by atoms with van der Waals surface area (Å²) >= 11 is 0. The lowest BCUT2D eigenvalue weighted by Gasteiger charge is -2.26. The van der Waals surface area contributed by atoms with Crippen LogP contribution in [0.5, 0.6) is 0 Å². The van der Waals surface area contributed by atoms with Gasteiger partial charge in [0.1, 0.15) is 0 Å². The number of aromatic nitrogens is 1. The number of morpholine rings is 1. The Labute approximate surface area is 141 Å². The topological polar surface area (TPSA) is 51.0 Å². The van der Waals surface area contributed by atoms with Gasteiger partial charge in [0, 0.05) is 36.6 Å². The van der Waals surface area contributed by atoms with Gasteiger partial charge in [0.05, 0.1) is 18.1 Å². The van der Waals surface area contributed by atoms with Crippen molar-refractivity contribution in [2.24, 2.45) is 0 Å². The standard InChI is InChI=1S/C18H18N2O3S/c21-24(22,20-8-10-23-11-9-20)18-6-3-4-15(13-18)16-12-17-5-1-2-7-19(17)14-16/h1-7,12-14H,8-11H2. The Bertz CT molecular complexity index is 940. The Morgan fingerprint density at radius 1 is 0.917 bits per heavy atom. The molecule has 0 aliphatic carbocycles. The van der Waals surface area contributed by atoms with Crippen LogP contribution in [0.1, 0.15) is 0 Å². The molecule has 0 radical (unpaired) electrons. The third-order valence-corrected chi connectivity index (χ3v) is 6.17. The van der Waals surface area contributed by atoms with Crippen molar-refractivity contribution in [2.45, 2.75) is 4.90 Å². The van der Waals surface area contributed by atoms with Crippen molar-refractivity contribution in [3.63, 3.8) is 0 Å². The quantitative estimate of drug-likeness (QED) is 0.735. The molecule has 1 saturated heterocycles. The molecule has 3 aromatic rings. The summed E-state index contributed by atoms with van der Waals surface area (Å²) in [6.45, 7) is 1.71. The molecule has 2 aromatic heterocycles. The third kappa shape index (κ3) is 2.73. The van der Waals surface area contributed by atoms with Gasteiger partial charge in [-0.25, -0.2) is 8.42 Å². The predicted molar refractivity (Wildman–Crippen MR) is 92.4 cm³/mol.